The first kappa shape index (κ1) is 22.2. The minimum absolute atomic E-state index is 0.0519. The maximum absolute atomic E-state index is 12.9. The molecule has 0 atom stereocenters. The van der Waals surface area contributed by atoms with Crippen LogP contribution in [-0.4, -0.2) is 31.5 Å². The van der Waals surface area contributed by atoms with E-state index in [-0.39, 0.29) is 11.4 Å². The second-order valence-corrected chi connectivity index (χ2v) is 9.91. The zero-order valence-corrected chi connectivity index (χ0v) is 20.7. The molecule has 36 heavy (non-hydrogen) atoms. The van der Waals surface area contributed by atoms with Crippen molar-refractivity contribution < 1.29 is 4.79 Å². The Labute approximate surface area is 213 Å². The molecule has 3 aromatic carbocycles. The van der Waals surface area contributed by atoms with E-state index in [0.29, 0.717) is 11.6 Å². The molecule has 0 spiro atoms. The summed E-state index contributed by atoms with van der Waals surface area (Å²) in [5.74, 6) is -0.360. The summed E-state index contributed by atoms with van der Waals surface area (Å²) in [5, 5.41) is 18.4. The van der Waals surface area contributed by atoms with Crippen molar-refractivity contribution in [1.82, 2.24) is 9.58 Å². The second kappa shape index (κ2) is 8.77. The molecule has 2 aliphatic rings. The molecule has 0 saturated carbocycles. The number of aromatic nitrogens is 1. The van der Waals surface area contributed by atoms with Crippen LogP contribution in [0.5, 0.6) is 0 Å². The summed E-state index contributed by atoms with van der Waals surface area (Å²) in [6.45, 7) is 4.08. The summed E-state index contributed by atoms with van der Waals surface area (Å²) >= 11 is 1.35. The summed E-state index contributed by atoms with van der Waals surface area (Å²) in [7, 11) is 0. The van der Waals surface area contributed by atoms with Crippen molar-refractivity contribution in [1.29, 1.82) is 5.41 Å². The van der Waals surface area contributed by atoms with Gasteiger partial charge in [0.2, 0.25) is 5.17 Å². The molecule has 0 aliphatic carbocycles. The highest BCUT2D eigenvalue weighted by Gasteiger charge is 2.35. The fraction of sp³-hybridized carbons (Fsp3) is 0.103. The molecule has 1 aromatic heterocycles. The molecule has 3 heterocycles. The number of amides is 1. The van der Waals surface area contributed by atoms with Crippen LogP contribution in [0.3, 0.4) is 0 Å². The third kappa shape index (κ3) is 3.87. The summed E-state index contributed by atoms with van der Waals surface area (Å²) < 4.78 is 2.17. The number of thioether (sulfide) groups is 1. The number of hydrogen-bond acceptors (Lipinski definition) is 4. The Balaban J connectivity index is 1.33. The van der Waals surface area contributed by atoms with Crippen molar-refractivity contribution in [2.75, 3.05) is 0 Å². The number of nitrogens with one attached hydrogen (secondary N) is 1. The number of carbonyl (C=O) groups excluding carboxylic acids is 1. The van der Waals surface area contributed by atoms with Gasteiger partial charge in [-0.05, 0) is 71.8 Å². The van der Waals surface area contributed by atoms with Crippen LogP contribution < -0.4 is 0 Å². The van der Waals surface area contributed by atoms with Crippen LogP contribution in [-0.2, 0) is 11.2 Å². The zero-order chi connectivity index (χ0) is 24.8. The molecule has 0 radical (unpaired) electrons. The Kier molecular flexibility index (Phi) is 5.42. The Morgan fingerprint density at radius 2 is 1.69 bits per heavy atom. The Hall–Kier alpha value is -4.23. The van der Waals surface area contributed by atoms with E-state index in [0.717, 1.165) is 33.2 Å². The second-order valence-electron chi connectivity index (χ2n) is 8.87. The number of benzene rings is 3. The number of hydrazone groups is 1. The van der Waals surface area contributed by atoms with Crippen LogP contribution in [0.4, 0.5) is 0 Å². The highest BCUT2D eigenvalue weighted by atomic mass is 32.2. The number of fused-ring (bicyclic) bond motifs is 2. The number of nitrogens with zero attached hydrogens (tertiary/aromatic N) is 4. The highest BCUT2D eigenvalue weighted by Crippen LogP contribution is 2.31. The molecule has 2 aliphatic heterocycles. The fourth-order valence-corrected chi connectivity index (χ4v) is 5.60. The molecule has 1 amide bonds. The van der Waals surface area contributed by atoms with Crippen molar-refractivity contribution in [2.45, 2.75) is 20.3 Å². The van der Waals surface area contributed by atoms with E-state index in [2.05, 4.69) is 45.0 Å². The Morgan fingerprint density at radius 1 is 0.944 bits per heavy atom. The van der Waals surface area contributed by atoms with Gasteiger partial charge in [0.15, 0.2) is 5.84 Å². The van der Waals surface area contributed by atoms with Gasteiger partial charge in [-0.15, -0.1) is 0 Å². The standard InChI is InChI=1S/C29H23N5OS/c1-18-14-23(19(2)33(18)24-13-12-21-10-6-7-11-22(21)16-24)17-25-27(30)34-29(31-28(25)35)36-26(32-34)15-20-8-4-3-5-9-20/h3-14,16-17,30H,15H2,1-2H3. The lowest BCUT2D eigenvalue weighted by atomic mass is 10.1. The maximum Gasteiger partial charge on any atom is 0.283 e. The van der Waals surface area contributed by atoms with Gasteiger partial charge in [0.1, 0.15) is 5.04 Å². The van der Waals surface area contributed by atoms with Gasteiger partial charge in [-0.3, -0.25) is 10.2 Å². The number of aliphatic imine (C=N–C) groups is 1. The molecule has 0 fully saturated rings. The van der Waals surface area contributed by atoms with Crippen LogP contribution in [0, 0.1) is 19.3 Å². The van der Waals surface area contributed by atoms with E-state index >= 15 is 0 Å². The first-order valence-electron chi connectivity index (χ1n) is 11.7. The van der Waals surface area contributed by atoms with Gasteiger partial charge in [0, 0.05) is 23.5 Å². The number of amidine groups is 2. The van der Waals surface area contributed by atoms with E-state index < -0.39 is 5.91 Å². The summed E-state index contributed by atoms with van der Waals surface area (Å²) in [4.78, 5) is 17.2. The molecule has 1 N–H and O–H groups in total. The van der Waals surface area contributed by atoms with Gasteiger partial charge >= 0.3 is 0 Å². The minimum Gasteiger partial charge on any atom is -0.318 e. The first-order chi connectivity index (χ1) is 17.5. The van der Waals surface area contributed by atoms with Gasteiger partial charge in [-0.25, -0.2) is 0 Å². The molecule has 0 saturated heterocycles. The lowest BCUT2D eigenvalue weighted by molar-refractivity contribution is -0.114. The van der Waals surface area contributed by atoms with Crippen molar-refractivity contribution >= 4 is 50.6 Å². The number of rotatable bonds is 4. The summed E-state index contributed by atoms with van der Waals surface area (Å²) in [6, 6.07) is 26.7. The third-order valence-electron chi connectivity index (χ3n) is 6.46. The molecule has 0 bridgehead atoms. The molecule has 7 heteroatoms. The van der Waals surface area contributed by atoms with E-state index in [1.54, 1.807) is 6.08 Å². The van der Waals surface area contributed by atoms with Gasteiger partial charge in [-0.2, -0.15) is 15.1 Å². The molecule has 0 unspecified atom stereocenters. The molecule has 6 rings (SSSR count). The van der Waals surface area contributed by atoms with Crippen LogP contribution in [0.2, 0.25) is 0 Å². The monoisotopic (exact) mass is 489 g/mol. The van der Waals surface area contributed by atoms with E-state index in [1.165, 1.54) is 27.5 Å². The minimum atomic E-state index is -0.412. The third-order valence-corrected chi connectivity index (χ3v) is 7.36. The van der Waals surface area contributed by atoms with Crippen molar-refractivity contribution in [2.24, 2.45) is 10.1 Å². The normalized spacial score (nSPS) is 16.5. The molecule has 6 nitrogen and oxygen atoms in total. The van der Waals surface area contributed by atoms with Crippen LogP contribution >= 0.6 is 11.8 Å². The first-order valence-corrected chi connectivity index (χ1v) is 12.5. The predicted molar refractivity (Wildman–Crippen MR) is 148 cm³/mol. The van der Waals surface area contributed by atoms with E-state index in [1.807, 2.05) is 62.4 Å². The summed E-state index contributed by atoms with van der Waals surface area (Å²) in [6.07, 6.45) is 2.40. The van der Waals surface area contributed by atoms with E-state index in [9.17, 15) is 4.79 Å². The van der Waals surface area contributed by atoms with Crippen LogP contribution in [0.15, 0.2) is 94.5 Å². The fourth-order valence-electron chi connectivity index (χ4n) is 4.68. The Morgan fingerprint density at radius 3 is 2.50 bits per heavy atom. The largest absolute Gasteiger partial charge is 0.318 e. The molecule has 176 valence electrons. The van der Waals surface area contributed by atoms with Crippen molar-refractivity contribution in [3.05, 3.63) is 107 Å². The van der Waals surface area contributed by atoms with Crippen molar-refractivity contribution in [3.63, 3.8) is 0 Å². The Bertz CT molecular complexity index is 1640. The molecule has 4 aromatic rings. The molecular formula is C29H23N5OS. The average molecular weight is 490 g/mol. The molecular weight excluding hydrogens is 466 g/mol. The number of carbonyl (C=O) groups is 1. The van der Waals surface area contributed by atoms with Crippen molar-refractivity contribution in [3.8, 4) is 5.69 Å². The highest BCUT2D eigenvalue weighted by molar-refractivity contribution is 8.26. The van der Waals surface area contributed by atoms with Gasteiger partial charge < -0.3 is 4.57 Å². The predicted octanol–water partition coefficient (Wildman–Crippen LogP) is 6.11. The number of hydrogen-bond donors (Lipinski definition) is 1. The van der Waals surface area contributed by atoms with Gasteiger partial charge in [0.25, 0.3) is 5.91 Å². The average Bonchev–Trinajstić information content (AvgIpc) is 3.41. The van der Waals surface area contributed by atoms with Gasteiger partial charge in [0.05, 0.1) is 5.57 Å². The van der Waals surface area contributed by atoms with Crippen LogP contribution in [0.1, 0.15) is 22.5 Å². The SMILES string of the molecule is Cc1cc(C=C2C(=N)N3N=C(Cc4ccccc4)SC3=NC2=O)c(C)n1-c1ccc2ccccc2c1. The number of aryl methyl sites for hydroxylation is 1. The summed E-state index contributed by atoms with van der Waals surface area (Å²) in [5.41, 5.74) is 5.35. The van der Waals surface area contributed by atoms with Crippen LogP contribution in [0.25, 0.3) is 22.5 Å². The topological polar surface area (TPSA) is 73.8 Å². The maximum atomic E-state index is 12.9. The lowest BCUT2D eigenvalue weighted by Gasteiger charge is -2.20. The smallest absolute Gasteiger partial charge is 0.283 e. The van der Waals surface area contributed by atoms with E-state index in [4.69, 9.17) is 5.41 Å². The lowest BCUT2D eigenvalue weighted by Crippen LogP contribution is -2.35. The van der Waals surface area contributed by atoms with Gasteiger partial charge in [-0.1, -0.05) is 60.7 Å². The zero-order valence-electron chi connectivity index (χ0n) is 19.9. The quantitative estimate of drug-likeness (QED) is 0.352.